The summed E-state index contributed by atoms with van der Waals surface area (Å²) in [6, 6.07) is 0. The van der Waals surface area contributed by atoms with Gasteiger partial charge in [0.2, 0.25) is 5.28 Å². The van der Waals surface area contributed by atoms with Crippen molar-refractivity contribution >= 4 is 22.8 Å². The van der Waals surface area contributed by atoms with Gasteiger partial charge >= 0.3 is 6.18 Å². The first-order chi connectivity index (χ1) is 10.7. The lowest BCUT2D eigenvalue weighted by Crippen LogP contribution is -2.35. The van der Waals surface area contributed by atoms with Gasteiger partial charge in [0, 0.05) is 5.41 Å². The monoisotopic (exact) mass is 342 g/mol. The predicted octanol–water partition coefficient (Wildman–Crippen LogP) is 3.92. The van der Waals surface area contributed by atoms with Crippen molar-refractivity contribution in [1.82, 2.24) is 19.9 Å². The Kier molecular flexibility index (Phi) is 2.96. The molecule has 0 N–H and O–H groups in total. The maximum Gasteiger partial charge on any atom is 0.392 e. The minimum absolute atomic E-state index is 0.0123. The van der Waals surface area contributed by atoms with Crippen LogP contribution in [0.5, 0.6) is 0 Å². The highest BCUT2D eigenvalue weighted by molar-refractivity contribution is 6.28. The molecular weight excluding hydrogens is 329 g/mol. The average molecular weight is 343 g/mol. The molecule has 2 bridgehead atoms. The van der Waals surface area contributed by atoms with E-state index in [0.717, 1.165) is 11.4 Å². The van der Waals surface area contributed by atoms with Crippen LogP contribution < -0.4 is 0 Å². The van der Waals surface area contributed by atoms with Crippen molar-refractivity contribution in [3.63, 3.8) is 0 Å². The molecule has 3 fully saturated rings. The summed E-state index contributed by atoms with van der Waals surface area (Å²) in [5.41, 5.74) is 2.23. The zero-order valence-electron chi connectivity index (χ0n) is 12.6. The van der Waals surface area contributed by atoms with E-state index in [-0.39, 0.29) is 17.6 Å². The van der Waals surface area contributed by atoms with Gasteiger partial charge in [0.1, 0.15) is 5.52 Å². The van der Waals surface area contributed by atoms with E-state index in [0.29, 0.717) is 29.7 Å². The van der Waals surface area contributed by atoms with E-state index in [9.17, 15) is 13.2 Å². The number of rotatable bonds is 1. The van der Waals surface area contributed by atoms with Crippen LogP contribution in [0.15, 0.2) is 0 Å². The van der Waals surface area contributed by atoms with Crippen LogP contribution in [0.4, 0.5) is 13.2 Å². The van der Waals surface area contributed by atoms with Crippen LogP contribution in [0, 0.1) is 25.7 Å². The summed E-state index contributed by atoms with van der Waals surface area (Å²) in [7, 11) is 0. The van der Waals surface area contributed by atoms with Crippen LogP contribution in [0.2, 0.25) is 5.28 Å². The normalized spacial score (nSPS) is 29.8. The zero-order valence-corrected chi connectivity index (χ0v) is 13.3. The lowest BCUT2D eigenvalue weighted by atomic mass is 9.67. The van der Waals surface area contributed by atoms with Crippen LogP contribution in [0.25, 0.3) is 11.2 Å². The van der Waals surface area contributed by atoms with E-state index in [1.165, 1.54) is 0 Å². The molecule has 3 aliphatic carbocycles. The first-order valence-electron chi connectivity index (χ1n) is 7.45. The predicted molar refractivity (Wildman–Crippen MR) is 78.2 cm³/mol. The molecule has 0 aliphatic heterocycles. The molecule has 2 heterocycles. The fourth-order valence-corrected chi connectivity index (χ4v) is 4.28. The van der Waals surface area contributed by atoms with Crippen LogP contribution in [0.3, 0.4) is 0 Å². The molecule has 0 spiro atoms. The summed E-state index contributed by atoms with van der Waals surface area (Å²) >= 11 is 5.99. The second-order valence-electron chi connectivity index (χ2n) is 6.71. The van der Waals surface area contributed by atoms with Gasteiger partial charge in [0.25, 0.3) is 0 Å². The van der Waals surface area contributed by atoms with E-state index in [4.69, 9.17) is 11.6 Å². The standard InChI is InChI=1S/C15H14ClF3N4/c1-6-7(2)21-12-10(20-6)11(22-13(16)23-12)14-3-8(4-14)9(5-14)15(17,18)19/h8-9H,3-5H2,1-2H3/t8-,9?,14+. The number of aryl methyl sites for hydroxylation is 2. The molecule has 0 amide bonds. The van der Waals surface area contributed by atoms with Crippen molar-refractivity contribution in [2.75, 3.05) is 0 Å². The van der Waals surface area contributed by atoms with Gasteiger partial charge in [-0.05, 0) is 50.6 Å². The summed E-state index contributed by atoms with van der Waals surface area (Å²) < 4.78 is 39.4. The summed E-state index contributed by atoms with van der Waals surface area (Å²) in [6.45, 7) is 3.62. The fraction of sp³-hybridized carbons (Fsp3) is 0.600. The van der Waals surface area contributed by atoms with Crippen molar-refractivity contribution in [2.24, 2.45) is 11.8 Å². The summed E-state index contributed by atoms with van der Waals surface area (Å²) in [5, 5.41) is 0.0123. The van der Waals surface area contributed by atoms with Crippen LogP contribution in [0.1, 0.15) is 36.3 Å². The third-order valence-corrected chi connectivity index (χ3v) is 5.49. The largest absolute Gasteiger partial charge is 0.392 e. The first kappa shape index (κ1) is 15.1. The SMILES string of the molecule is Cc1nc2nc(Cl)nc([C@]34CC(C(F)(F)F)[C@@H](C3)C4)c2nc1C. The number of alkyl halides is 3. The second kappa shape index (κ2) is 4.53. The molecule has 23 heavy (non-hydrogen) atoms. The molecule has 4 nitrogen and oxygen atoms in total. The van der Waals surface area contributed by atoms with Gasteiger partial charge in [-0.15, -0.1) is 0 Å². The minimum atomic E-state index is -4.16. The van der Waals surface area contributed by atoms with Crippen LogP contribution >= 0.6 is 11.6 Å². The molecule has 2 aromatic heterocycles. The summed E-state index contributed by atoms with van der Waals surface area (Å²) in [5.74, 6) is -1.58. The highest BCUT2D eigenvalue weighted by Gasteiger charge is 2.65. The Bertz CT molecular complexity index is 814. The Morgan fingerprint density at radius 2 is 1.65 bits per heavy atom. The topological polar surface area (TPSA) is 51.6 Å². The average Bonchev–Trinajstić information content (AvgIpc) is 2.95. The molecule has 5 rings (SSSR count). The maximum atomic E-state index is 13.1. The van der Waals surface area contributed by atoms with Crippen molar-refractivity contribution in [2.45, 2.75) is 44.7 Å². The van der Waals surface area contributed by atoms with E-state index < -0.39 is 17.5 Å². The van der Waals surface area contributed by atoms with E-state index in [1.807, 2.05) is 13.8 Å². The maximum absolute atomic E-state index is 13.1. The van der Waals surface area contributed by atoms with Crippen LogP contribution in [-0.4, -0.2) is 26.1 Å². The van der Waals surface area contributed by atoms with Gasteiger partial charge in [0.15, 0.2) is 5.65 Å². The Morgan fingerprint density at radius 1 is 1.00 bits per heavy atom. The molecule has 122 valence electrons. The Labute approximate surface area is 135 Å². The third-order valence-electron chi connectivity index (χ3n) is 5.32. The van der Waals surface area contributed by atoms with Gasteiger partial charge in [-0.3, -0.25) is 0 Å². The van der Waals surface area contributed by atoms with E-state index in [2.05, 4.69) is 19.9 Å². The Hall–Kier alpha value is -1.50. The second-order valence-corrected chi connectivity index (χ2v) is 7.05. The number of nitrogens with zero attached hydrogens (tertiary/aromatic N) is 4. The molecule has 3 aliphatic rings. The number of fused-ring (bicyclic) bond motifs is 2. The third kappa shape index (κ3) is 2.12. The summed E-state index contributed by atoms with van der Waals surface area (Å²) in [4.78, 5) is 17.2. The first-order valence-corrected chi connectivity index (χ1v) is 7.83. The molecule has 8 heteroatoms. The van der Waals surface area contributed by atoms with Gasteiger partial charge in [-0.25, -0.2) is 15.0 Å². The molecule has 1 unspecified atom stereocenters. The Morgan fingerprint density at radius 3 is 2.26 bits per heavy atom. The van der Waals surface area contributed by atoms with Crippen molar-refractivity contribution in [3.8, 4) is 0 Å². The lowest BCUT2D eigenvalue weighted by Gasteiger charge is -2.38. The van der Waals surface area contributed by atoms with Gasteiger partial charge in [-0.2, -0.15) is 18.2 Å². The fourth-order valence-electron chi connectivity index (χ4n) is 4.11. The number of hydrogen-bond donors (Lipinski definition) is 0. The van der Waals surface area contributed by atoms with Crippen LogP contribution in [-0.2, 0) is 5.41 Å². The van der Waals surface area contributed by atoms with E-state index in [1.54, 1.807) is 0 Å². The van der Waals surface area contributed by atoms with Crippen molar-refractivity contribution in [3.05, 3.63) is 22.4 Å². The highest BCUT2D eigenvalue weighted by atomic mass is 35.5. The molecule has 1 atom stereocenters. The molecule has 0 aromatic carbocycles. The van der Waals surface area contributed by atoms with Crippen molar-refractivity contribution in [1.29, 1.82) is 0 Å². The highest BCUT2D eigenvalue weighted by Crippen LogP contribution is 2.66. The molecule has 0 saturated heterocycles. The van der Waals surface area contributed by atoms with E-state index >= 15 is 0 Å². The quantitative estimate of drug-likeness (QED) is 0.737. The summed E-state index contributed by atoms with van der Waals surface area (Å²) in [6.07, 6.45) is -3.14. The number of halogens is 4. The van der Waals surface area contributed by atoms with Gasteiger partial charge < -0.3 is 0 Å². The van der Waals surface area contributed by atoms with Gasteiger partial charge in [0.05, 0.1) is 23.0 Å². The molecule has 2 aromatic rings. The molecule has 0 radical (unpaired) electrons. The van der Waals surface area contributed by atoms with Crippen molar-refractivity contribution < 1.29 is 13.2 Å². The lowest BCUT2D eigenvalue weighted by molar-refractivity contribution is -0.180. The smallest absolute Gasteiger partial charge is 0.246 e. The molecule has 3 saturated carbocycles. The number of hydrogen-bond acceptors (Lipinski definition) is 4. The minimum Gasteiger partial charge on any atom is -0.246 e. The molecular formula is C15H14ClF3N4. The number of aromatic nitrogens is 4. The zero-order chi connectivity index (χ0) is 16.6. The van der Waals surface area contributed by atoms with Gasteiger partial charge in [-0.1, -0.05) is 0 Å². The Balaban J connectivity index is 1.86.